The maximum atomic E-state index is 11.7. The average molecular weight is 154 g/mol. The molecule has 0 radical (unpaired) electrons. The summed E-state index contributed by atoms with van der Waals surface area (Å²) in [5.41, 5.74) is 0. The molecule has 0 rings (SSSR count). The highest BCUT2D eigenvalue weighted by molar-refractivity contribution is 4.65. The molecule has 10 heavy (non-hydrogen) atoms. The summed E-state index contributed by atoms with van der Waals surface area (Å²) >= 11 is 0. The zero-order valence-corrected chi connectivity index (χ0v) is 6.05. The molecule has 0 aliphatic heterocycles. The Labute approximate surface area is 58.8 Å². The molecule has 0 saturated heterocycles. The van der Waals surface area contributed by atoms with Crippen LogP contribution in [-0.2, 0) is 4.74 Å². The zero-order valence-electron chi connectivity index (χ0n) is 6.05. The van der Waals surface area contributed by atoms with Crippen molar-refractivity contribution in [3.05, 3.63) is 0 Å². The van der Waals surface area contributed by atoms with Gasteiger partial charge >= 0.3 is 0 Å². The Bertz CT molecular complexity index is 87.8. The Balaban J connectivity index is 3.58. The Kier molecular flexibility index (Phi) is 4.47. The van der Waals surface area contributed by atoms with Gasteiger partial charge in [0.15, 0.2) is 0 Å². The van der Waals surface area contributed by atoms with E-state index >= 15 is 0 Å². The SMILES string of the molecule is COCC(C)C(O)C(F)F. The second-order valence-corrected chi connectivity index (χ2v) is 2.26. The summed E-state index contributed by atoms with van der Waals surface area (Å²) in [4.78, 5) is 0. The Hall–Kier alpha value is -0.220. The van der Waals surface area contributed by atoms with Gasteiger partial charge in [-0.1, -0.05) is 6.92 Å². The summed E-state index contributed by atoms with van der Waals surface area (Å²) in [6, 6.07) is 0. The summed E-state index contributed by atoms with van der Waals surface area (Å²) in [6.07, 6.45) is -4.25. The Morgan fingerprint density at radius 2 is 2.00 bits per heavy atom. The lowest BCUT2D eigenvalue weighted by molar-refractivity contribution is -0.0510. The molecular weight excluding hydrogens is 142 g/mol. The van der Waals surface area contributed by atoms with E-state index in [1.807, 2.05) is 0 Å². The van der Waals surface area contributed by atoms with Crippen LogP contribution in [0.1, 0.15) is 6.92 Å². The maximum absolute atomic E-state index is 11.7. The molecule has 0 amide bonds. The van der Waals surface area contributed by atoms with Crippen molar-refractivity contribution in [2.45, 2.75) is 19.5 Å². The van der Waals surface area contributed by atoms with Crippen molar-refractivity contribution in [2.75, 3.05) is 13.7 Å². The van der Waals surface area contributed by atoms with Crippen molar-refractivity contribution in [3.8, 4) is 0 Å². The monoisotopic (exact) mass is 154 g/mol. The first kappa shape index (κ1) is 9.78. The van der Waals surface area contributed by atoms with Gasteiger partial charge in [0, 0.05) is 13.0 Å². The first-order chi connectivity index (χ1) is 4.59. The van der Waals surface area contributed by atoms with Crippen molar-refractivity contribution in [3.63, 3.8) is 0 Å². The van der Waals surface area contributed by atoms with Crippen molar-refractivity contribution < 1.29 is 18.6 Å². The number of hydrogen-bond donors (Lipinski definition) is 1. The molecule has 0 heterocycles. The van der Waals surface area contributed by atoms with Crippen LogP contribution in [0.2, 0.25) is 0 Å². The molecule has 1 N–H and O–H groups in total. The molecule has 0 bridgehead atoms. The van der Waals surface area contributed by atoms with Gasteiger partial charge in [-0.05, 0) is 0 Å². The van der Waals surface area contributed by atoms with Crippen LogP contribution in [0.3, 0.4) is 0 Å². The zero-order chi connectivity index (χ0) is 8.15. The Morgan fingerprint density at radius 1 is 1.50 bits per heavy atom. The number of hydrogen-bond acceptors (Lipinski definition) is 2. The number of rotatable bonds is 4. The molecule has 0 spiro atoms. The molecule has 0 fully saturated rings. The highest BCUT2D eigenvalue weighted by Gasteiger charge is 2.23. The molecule has 0 aromatic carbocycles. The number of halogens is 2. The number of methoxy groups -OCH3 is 1. The third kappa shape index (κ3) is 3.08. The van der Waals surface area contributed by atoms with Crippen LogP contribution in [0.25, 0.3) is 0 Å². The molecule has 0 aliphatic rings. The van der Waals surface area contributed by atoms with Gasteiger partial charge in [0.25, 0.3) is 6.43 Å². The van der Waals surface area contributed by atoms with Crippen molar-refractivity contribution >= 4 is 0 Å². The molecule has 2 unspecified atom stereocenters. The minimum Gasteiger partial charge on any atom is -0.387 e. The lowest BCUT2D eigenvalue weighted by atomic mass is 10.1. The van der Waals surface area contributed by atoms with E-state index in [0.717, 1.165) is 0 Å². The van der Waals surface area contributed by atoms with E-state index in [4.69, 9.17) is 5.11 Å². The summed E-state index contributed by atoms with van der Waals surface area (Å²) in [6.45, 7) is 1.67. The molecule has 0 saturated carbocycles. The van der Waals surface area contributed by atoms with Crippen molar-refractivity contribution in [1.82, 2.24) is 0 Å². The Morgan fingerprint density at radius 3 is 2.30 bits per heavy atom. The average Bonchev–Trinajstić information content (AvgIpc) is 1.87. The number of alkyl halides is 2. The summed E-state index contributed by atoms with van der Waals surface area (Å²) in [7, 11) is 1.41. The molecule has 2 atom stereocenters. The second kappa shape index (κ2) is 4.57. The largest absolute Gasteiger partial charge is 0.387 e. The van der Waals surface area contributed by atoms with Crippen LogP contribution in [0.4, 0.5) is 8.78 Å². The minimum atomic E-state index is -2.68. The van der Waals surface area contributed by atoms with E-state index in [0.29, 0.717) is 0 Å². The van der Waals surface area contributed by atoms with E-state index in [-0.39, 0.29) is 6.61 Å². The number of aliphatic hydroxyl groups is 1. The minimum absolute atomic E-state index is 0.158. The molecule has 4 heteroatoms. The van der Waals surface area contributed by atoms with Crippen molar-refractivity contribution in [1.29, 1.82) is 0 Å². The van der Waals surface area contributed by atoms with Crippen LogP contribution >= 0.6 is 0 Å². The van der Waals surface area contributed by atoms with Gasteiger partial charge < -0.3 is 9.84 Å². The smallest absolute Gasteiger partial charge is 0.264 e. The first-order valence-electron chi connectivity index (χ1n) is 3.04. The fourth-order valence-corrected chi connectivity index (χ4v) is 0.610. The van der Waals surface area contributed by atoms with Gasteiger partial charge in [0.1, 0.15) is 6.10 Å². The summed E-state index contributed by atoms with van der Waals surface area (Å²) in [5.74, 6) is -0.509. The van der Waals surface area contributed by atoms with Crippen LogP contribution in [0.5, 0.6) is 0 Å². The quantitative estimate of drug-likeness (QED) is 0.651. The molecule has 0 aromatic heterocycles. The lowest BCUT2D eigenvalue weighted by Crippen LogP contribution is -2.28. The fraction of sp³-hybridized carbons (Fsp3) is 1.00. The predicted molar refractivity (Wildman–Crippen MR) is 33.1 cm³/mol. The molecule has 2 nitrogen and oxygen atoms in total. The van der Waals surface area contributed by atoms with Crippen LogP contribution in [0, 0.1) is 5.92 Å². The molecule has 62 valence electrons. The predicted octanol–water partition coefficient (Wildman–Crippen LogP) is 0.895. The standard InChI is InChI=1S/C6H12F2O2/c1-4(3-10-2)5(9)6(7)8/h4-6,9H,3H2,1-2H3. The molecule has 0 aromatic rings. The maximum Gasteiger partial charge on any atom is 0.264 e. The number of ether oxygens (including phenoxy) is 1. The van der Waals surface area contributed by atoms with E-state index < -0.39 is 18.4 Å². The van der Waals surface area contributed by atoms with E-state index in [1.165, 1.54) is 14.0 Å². The van der Waals surface area contributed by atoms with Crippen molar-refractivity contribution in [2.24, 2.45) is 5.92 Å². The van der Waals surface area contributed by atoms with Crippen LogP contribution < -0.4 is 0 Å². The first-order valence-corrected chi connectivity index (χ1v) is 3.04. The van der Waals surface area contributed by atoms with Gasteiger partial charge in [-0.15, -0.1) is 0 Å². The highest BCUT2D eigenvalue weighted by Crippen LogP contribution is 2.11. The van der Waals surface area contributed by atoms with Gasteiger partial charge in [0.2, 0.25) is 0 Å². The van der Waals surface area contributed by atoms with Crippen LogP contribution in [-0.4, -0.2) is 31.4 Å². The summed E-state index contributed by atoms with van der Waals surface area (Å²) in [5, 5.41) is 8.70. The second-order valence-electron chi connectivity index (χ2n) is 2.26. The normalized spacial score (nSPS) is 17.4. The van der Waals surface area contributed by atoms with Gasteiger partial charge in [-0.2, -0.15) is 0 Å². The molecule has 0 aliphatic carbocycles. The number of aliphatic hydroxyl groups excluding tert-OH is 1. The van der Waals surface area contributed by atoms with Gasteiger partial charge in [-0.25, -0.2) is 8.78 Å². The van der Waals surface area contributed by atoms with E-state index in [1.54, 1.807) is 0 Å². The van der Waals surface area contributed by atoms with E-state index in [9.17, 15) is 8.78 Å². The van der Waals surface area contributed by atoms with Gasteiger partial charge in [0.05, 0.1) is 6.61 Å². The third-order valence-corrected chi connectivity index (χ3v) is 1.27. The fourth-order valence-electron chi connectivity index (χ4n) is 0.610. The molecular formula is C6H12F2O2. The summed E-state index contributed by atoms with van der Waals surface area (Å²) < 4.78 is 28.0. The lowest BCUT2D eigenvalue weighted by Gasteiger charge is -2.16. The third-order valence-electron chi connectivity index (χ3n) is 1.27. The van der Waals surface area contributed by atoms with E-state index in [2.05, 4.69) is 4.74 Å². The topological polar surface area (TPSA) is 29.5 Å². The van der Waals surface area contributed by atoms with Gasteiger partial charge in [-0.3, -0.25) is 0 Å². The van der Waals surface area contributed by atoms with Crippen LogP contribution in [0.15, 0.2) is 0 Å². The highest BCUT2D eigenvalue weighted by atomic mass is 19.3.